The molecule has 3 atom stereocenters. The number of rotatable bonds is 5. The summed E-state index contributed by atoms with van der Waals surface area (Å²) in [7, 11) is 0. The lowest BCUT2D eigenvalue weighted by molar-refractivity contribution is -0.160. The molecule has 2 heterocycles. The van der Waals surface area contributed by atoms with Crippen LogP contribution in [0.15, 0.2) is 18.2 Å². The first kappa shape index (κ1) is 21.2. The number of aromatic carboxylic acids is 1. The lowest BCUT2D eigenvalue weighted by Gasteiger charge is -2.42. The first-order valence-electron chi connectivity index (χ1n) is 11.0. The van der Waals surface area contributed by atoms with E-state index >= 15 is 0 Å². The van der Waals surface area contributed by atoms with Crippen LogP contribution in [0.25, 0.3) is 0 Å². The van der Waals surface area contributed by atoms with E-state index in [9.17, 15) is 19.1 Å². The van der Waals surface area contributed by atoms with Gasteiger partial charge in [-0.3, -0.25) is 9.69 Å². The van der Waals surface area contributed by atoms with Crippen molar-refractivity contribution in [1.82, 2.24) is 4.90 Å². The number of carbonyl (C=O) groups excluding carboxylic acids is 1. The number of benzene rings is 1. The summed E-state index contributed by atoms with van der Waals surface area (Å²) < 4.78 is 20.0. The van der Waals surface area contributed by atoms with E-state index in [0.717, 1.165) is 57.5 Å². The van der Waals surface area contributed by atoms with Crippen LogP contribution >= 0.6 is 0 Å². The Morgan fingerprint density at radius 3 is 2.57 bits per heavy atom. The topological polar surface area (TPSA) is 70.1 Å². The lowest BCUT2D eigenvalue weighted by Crippen LogP contribution is -2.53. The van der Waals surface area contributed by atoms with E-state index in [2.05, 4.69) is 16.7 Å². The maximum Gasteiger partial charge on any atom is 0.338 e. The molecule has 30 heavy (non-hydrogen) atoms. The Hall–Kier alpha value is -1.99. The third kappa shape index (κ3) is 4.10. The summed E-state index contributed by atoms with van der Waals surface area (Å²) in [5.41, 5.74) is -0.101. The Kier molecular flexibility index (Phi) is 5.86. The predicted molar refractivity (Wildman–Crippen MR) is 111 cm³/mol. The van der Waals surface area contributed by atoms with Crippen molar-refractivity contribution in [1.29, 1.82) is 0 Å². The number of nitrogens with zero attached hydrogens (tertiary/aromatic N) is 2. The van der Waals surface area contributed by atoms with Gasteiger partial charge in [-0.05, 0) is 62.6 Å². The summed E-state index contributed by atoms with van der Waals surface area (Å²) in [4.78, 5) is 28.2. The fourth-order valence-corrected chi connectivity index (χ4v) is 5.21. The normalized spacial score (nSPS) is 30.7. The Morgan fingerprint density at radius 1 is 1.20 bits per heavy atom. The van der Waals surface area contributed by atoms with Gasteiger partial charge in [-0.25, -0.2) is 9.18 Å². The fraction of sp³-hybridized carbons (Fsp3) is 0.652. The monoisotopic (exact) mass is 418 g/mol. The quantitative estimate of drug-likeness (QED) is 0.792. The summed E-state index contributed by atoms with van der Waals surface area (Å²) in [5, 5.41) is 9.23. The molecule has 3 aliphatic rings. The minimum Gasteiger partial charge on any atom is -0.478 e. The third-order valence-electron chi connectivity index (χ3n) is 7.01. The molecule has 1 aromatic carbocycles. The van der Waals surface area contributed by atoms with Crippen LogP contribution in [0.5, 0.6) is 0 Å². The van der Waals surface area contributed by atoms with E-state index < -0.39 is 17.4 Å². The van der Waals surface area contributed by atoms with Crippen molar-refractivity contribution in [3.63, 3.8) is 0 Å². The maximum atomic E-state index is 13.8. The molecule has 7 heteroatoms. The van der Waals surface area contributed by atoms with Crippen molar-refractivity contribution in [2.75, 3.05) is 37.7 Å². The average Bonchev–Trinajstić information content (AvgIpc) is 3.56. The van der Waals surface area contributed by atoms with E-state index in [1.165, 1.54) is 12.1 Å². The lowest BCUT2D eigenvalue weighted by atomic mass is 9.84. The van der Waals surface area contributed by atoms with Crippen LogP contribution in [0.2, 0.25) is 0 Å². The van der Waals surface area contributed by atoms with Crippen LogP contribution in [0.4, 0.5) is 10.1 Å². The smallest absolute Gasteiger partial charge is 0.338 e. The van der Waals surface area contributed by atoms with Gasteiger partial charge in [0.05, 0.1) is 12.2 Å². The zero-order valence-electron chi connectivity index (χ0n) is 17.8. The number of hydrogen-bond donors (Lipinski definition) is 1. The van der Waals surface area contributed by atoms with Crippen LogP contribution in [0.1, 0.15) is 49.9 Å². The molecule has 0 spiro atoms. The van der Waals surface area contributed by atoms with Gasteiger partial charge >= 0.3 is 5.97 Å². The molecular formula is C23H31FN2O4. The van der Waals surface area contributed by atoms with E-state index in [1.807, 2.05) is 0 Å². The number of carboxylic acid groups (broad SMARTS) is 1. The highest BCUT2D eigenvalue weighted by Crippen LogP contribution is 2.47. The van der Waals surface area contributed by atoms with Crippen molar-refractivity contribution >= 4 is 17.4 Å². The summed E-state index contributed by atoms with van der Waals surface area (Å²) >= 11 is 0. The molecular weight excluding hydrogens is 387 g/mol. The van der Waals surface area contributed by atoms with Gasteiger partial charge in [-0.15, -0.1) is 0 Å². The molecule has 1 N–H and O–H groups in total. The van der Waals surface area contributed by atoms with Crippen molar-refractivity contribution in [2.45, 2.75) is 51.2 Å². The number of anilines is 1. The van der Waals surface area contributed by atoms with Crippen molar-refractivity contribution in [3.05, 3.63) is 29.6 Å². The molecule has 1 aliphatic carbocycles. The maximum absolute atomic E-state index is 13.8. The van der Waals surface area contributed by atoms with Crippen molar-refractivity contribution in [2.24, 2.45) is 11.8 Å². The minimum absolute atomic E-state index is 0.171. The van der Waals surface area contributed by atoms with Gasteiger partial charge in [-0.2, -0.15) is 0 Å². The van der Waals surface area contributed by atoms with Gasteiger partial charge < -0.3 is 14.7 Å². The van der Waals surface area contributed by atoms with Gasteiger partial charge in [0.1, 0.15) is 11.4 Å². The van der Waals surface area contributed by atoms with E-state index in [0.29, 0.717) is 24.5 Å². The molecule has 4 rings (SSSR count). The van der Waals surface area contributed by atoms with Crippen LogP contribution in [0, 0.1) is 17.7 Å². The number of ketones is 1. The SMILES string of the molecule is CC(=O)C1(C2CC2)CCC(N2CCN(c3ccc(F)c(C(=O)O)c3)CC(C)C2)CO1. The summed E-state index contributed by atoms with van der Waals surface area (Å²) in [6, 6.07) is 4.62. The molecule has 2 saturated heterocycles. The van der Waals surface area contributed by atoms with E-state index in [-0.39, 0.29) is 11.3 Å². The molecule has 3 unspecified atom stereocenters. The molecule has 1 aromatic rings. The van der Waals surface area contributed by atoms with E-state index in [1.54, 1.807) is 13.0 Å². The zero-order chi connectivity index (χ0) is 21.5. The Balaban J connectivity index is 1.42. The minimum atomic E-state index is -1.25. The first-order chi connectivity index (χ1) is 14.3. The van der Waals surface area contributed by atoms with Gasteiger partial charge in [-0.1, -0.05) is 6.92 Å². The molecule has 6 nitrogen and oxygen atoms in total. The largest absolute Gasteiger partial charge is 0.478 e. The third-order valence-corrected chi connectivity index (χ3v) is 7.01. The Labute approximate surface area is 177 Å². The van der Waals surface area contributed by atoms with Gasteiger partial charge in [0.2, 0.25) is 0 Å². The Morgan fingerprint density at radius 2 is 1.97 bits per heavy atom. The molecule has 1 saturated carbocycles. The zero-order valence-corrected chi connectivity index (χ0v) is 17.8. The van der Waals surface area contributed by atoms with Gasteiger partial charge in [0, 0.05) is 37.9 Å². The molecule has 0 radical (unpaired) electrons. The number of ether oxygens (including phenoxy) is 1. The molecule has 2 aliphatic heterocycles. The fourth-order valence-electron chi connectivity index (χ4n) is 5.21. The van der Waals surface area contributed by atoms with Crippen LogP contribution in [-0.2, 0) is 9.53 Å². The first-order valence-corrected chi connectivity index (χ1v) is 11.0. The number of halogens is 1. The molecule has 0 amide bonds. The van der Waals surface area contributed by atoms with Gasteiger partial charge in [0.15, 0.2) is 5.78 Å². The average molecular weight is 419 g/mol. The van der Waals surface area contributed by atoms with Gasteiger partial charge in [0.25, 0.3) is 0 Å². The Bertz CT molecular complexity index is 817. The van der Waals surface area contributed by atoms with Crippen molar-refractivity contribution < 1.29 is 23.8 Å². The van der Waals surface area contributed by atoms with E-state index in [4.69, 9.17) is 4.74 Å². The number of hydrogen-bond acceptors (Lipinski definition) is 5. The second kappa shape index (κ2) is 8.27. The van der Waals surface area contributed by atoms with Crippen LogP contribution < -0.4 is 4.90 Å². The molecule has 0 aromatic heterocycles. The van der Waals surface area contributed by atoms with Crippen molar-refractivity contribution in [3.8, 4) is 0 Å². The second-order valence-electron chi connectivity index (χ2n) is 9.24. The molecule has 164 valence electrons. The van der Waals surface area contributed by atoms with Crippen LogP contribution in [-0.4, -0.2) is 66.2 Å². The standard InChI is InChI=1S/C23H31FN2O4/c1-15-12-25(18-5-6-21(24)20(11-18)22(28)29)9-10-26(13-15)19-7-8-23(16(2)27,30-14-19)17-3-4-17/h5-6,11,15,17,19H,3-4,7-10,12-14H2,1-2H3,(H,28,29). The number of carbonyl (C=O) groups is 2. The summed E-state index contributed by atoms with van der Waals surface area (Å²) in [6.45, 7) is 7.71. The highest BCUT2D eigenvalue weighted by Gasteiger charge is 2.52. The summed E-state index contributed by atoms with van der Waals surface area (Å²) in [6.07, 6.45) is 3.95. The highest BCUT2D eigenvalue weighted by atomic mass is 19.1. The molecule has 3 fully saturated rings. The second-order valence-corrected chi connectivity index (χ2v) is 9.24. The van der Waals surface area contributed by atoms with Crippen LogP contribution in [0.3, 0.4) is 0 Å². The summed E-state index contributed by atoms with van der Waals surface area (Å²) in [5.74, 6) is -1.02. The number of Topliss-reactive ketones (excluding diaryl/α,β-unsaturated/α-hetero) is 1. The highest BCUT2D eigenvalue weighted by molar-refractivity contribution is 5.89. The predicted octanol–water partition coefficient (Wildman–Crippen LogP) is 3.20. The number of carboxylic acids is 1. The molecule has 0 bridgehead atoms.